The van der Waals surface area contributed by atoms with Gasteiger partial charge in [0, 0.05) is 6.42 Å². The molecule has 3 heteroatoms. The third-order valence-electron chi connectivity index (χ3n) is 4.71. The van der Waals surface area contributed by atoms with Crippen molar-refractivity contribution < 1.29 is 9.47 Å². The van der Waals surface area contributed by atoms with E-state index in [2.05, 4.69) is 13.0 Å². The first kappa shape index (κ1) is 17.7. The minimum atomic E-state index is 0.661. The summed E-state index contributed by atoms with van der Waals surface area (Å²) in [5.41, 5.74) is 0. The van der Waals surface area contributed by atoms with Gasteiger partial charge < -0.3 is 9.47 Å². The largest absolute Gasteiger partial charge is 0.494 e. The predicted octanol–water partition coefficient (Wildman–Crippen LogP) is 5.35. The maximum atomic E-state index is 8.66. The highest BCUT2D eigenvalue weighted by molar-refractivity contribution is 5.31. The van der Waals surface area contributed by atoms with Gasteiger partial charge in [-0.3, -0.25) is 0 Å². The molecule has 0 aromatic heterocycles. The molecule has 0 saturated heterocycles. The summed E-state index contributed by atoms with van der Waals surface area (Å²) in [5.74, 6) is 3.27. The molecular weight excluding hydrogens is 286 g/mol. The molecule has 1 fully saturated rings. The second-order valence-electron chi connectivity index (χ2n) is 6.57. The summed E-state index contributed by atoms with van der Waals surface area (Å²) in [6.45, 7) is 3.75. The van der Waals surface area contributed by atoms with E-state index < -0.39 is 0 Å². The van der Waals surface area contributed by atoms with Crippen LogP contribution in [0.1, 0.15) is 58.3 Å². The lowest BCUT2D eigenvalue weighted by Gasteiger charge is -2.28. The van der Waals surface area contributed by atoms with Gasteiger partial charge in [-0.2, -0.15) is 5.26 Å². The molecule has 1 aliphatic rings. The van der Waals surface area contributed by atoms with Gasteiger partial charge in [-0.25, -0.2) is 0 Å². The van der Waals surface area contributed by atoms with Gasteiger partial charge in [0.2, 0.25) is 0 Å². The summed E-state index contributed by atoms with van der Waals surface area (Å²) >= 11 is 0. The quantitative estimate of drug-likeness (QED) is 0.576. The number of unbranched alkanes of at least 4 members (excludes halogenated alkanes) is 1. The molecule has 1 saturated carbocycles. The first-order chi connectivity index (χ1) is 11.3. The molecule has 2 rings (SSSR count). The van der Waals surface area contributed by atoms with Gasteiger partial charge in [0.1, 0.15) is 11.5 Å². The lowest BCUT2D eigenvalue weighted by Crippen LogP contribution is -2.20. The monoisotopic (exact) mass is 315 g/mol. The predicted molar refractivity (Wildman–Crippen MR) is 92.6 cm³/mol. The second kappa shape index (κ2) is 10.2. The number of hydrogen-bond acceptors (Lipinski definition) is 3. The lowest BCUT2D eigenvalue weighted by molar-refractivity contribution is 0.179. The molecule has 0 heterocycles. The number of hydrogen-bond donors (Lipinski definition) is 0. The van der Waals surface area contributed by atoms with Gasteiger partial charge in [-0.05, 0) is 61.8 Å². The molecular formula is C20H29NO2. The topological polar surface area (TPSA) is 42.2 Å². The van der Waals surface area contributed by atoms with Crippen molar-refractivity contribution in [1.29, 1.82) is 5.26 Å². The molecule has 0 spiro atoms. The minimum Gasteiger partial charge on any atom is -0.494 e. The molecule has 0 N–H and O–H groups in total. The summed E-state index contributed by atoms with van der Waals surface area (Å²) in [5, 5.41) is 8.66. The van der Waals surface area contributed by atoms with Gasteiger partial charge in [0.25, 0.3) is 0 Å². The van der Waals surface area contributed by atoms with Gasteiger partial charge in [-0.1, -0.05) is 26.2 Å². The van der Waals surface area contributed by atoms with Crippen LogP contribution in [-0.4, -0.2) is 13.2 Å². The maximum Gasteiger partial charge on any atom is 0.119 e. The van der Waals surface area contributed by atoms with E-state index >= 15 is 0 Å². The first-order valence-corrected chi connectivity index (χ1v) is 9.04. The molecule has 0 atom stereocenters. The molecule has 1 aromatic carbocycles. The van der Waals surface area contributed by atoms with E-state index in [0.717, 1.165) is 49.9 Å². The van der Waals surface area contributed by atoms with E-state index in [0.29, 0.717) is 12.3 Å². The van der Waals surface area contributed by atoms with E-state index in [1.807, 2.05) is 24.3 Å². The van der Waals surface area contributed by atoms with Crippen LogP contribution in [-0.2, 0) is 0 Å². The van der Waals surface area contributed by atoms with E-state index in [1.54, 1.807) is 0 Å². The Bertz CT molecular complexity index is 469. The normalized spacial score (nSPS) is 20.7. The third kappa shape index (κ3) is 6.52. The summed E-state index contributed by atoms with van der Waals surface area (Å²) in [6.07, 6.45) is 8.99. The van der Waals surface area contributed by atoms with Crippen LogP contribution in [0.4, 0.5) is 0 Å². The molecule has 1 aromatic rings. The number of nitrogens with zero attached hydrogens (tertiary/aromatic N) is 1. The summed E-state index contributed by atoms with van der Waals surface area (Å²) in [7, 11) is 0. The first-order valence-electron chi connectivity index (χ1n) is 9.04. The number of benzene rings is 1. The Hall–Kier alpha value is -1.69. The van der Waals surface area contributed by atoms with Crippen LogP contribution >= 0.6 is 0 Å². The van der Waals surface area contributed by atoms with E-state index in [1.165, 1.54) is 25.7 Å². The molecule has 0 bridgehead atoms. The van der Waals surface area contributed by atoms with Gasteiger partial charge in [0.05, 0.1) is 19.3 Å². The highest BCUT2D eigenvalue weighted by Crippen LogP contribution is 2.32. The van der Waals surface area contributed by atoms with Gasteiger partial charge in [-0.15, -0.1) is 0 Å². The van der Waals surface area contributed by atoms with Crippen LogP contribution in [0.25, 0.3) is 0 Å². The SMILES string of the molecule is CCCCOc1ccc(OC[C@H]2CC[C@H](CCC#N)CC2)cc1. The van der Waals surface area contributed by atoms with Crippen LogP contribution in [0.5, 0.6) is 11.5 Å². The fraction of sp³-hybridized carbons (Fsp3) is 0.650. The van der Waals surface area contributed by atoms with Crippen LogP contribution < -0.4 is 9.47 Å². The highest BCUT2D eigenvalue weighted by atomic mass is 16.5. The molecule has 1 aliphatic carbocycles. The van der Waals surface area contributed by atoms with Gasteiger partial charge >= 0.3 is 0 Å². The van der Waals surface area contributed by atoms with Crippen molar-refractivity contribution in [3.8, 4) is 17.6 Å². The van der Waals surface area contributed by atoms with Gasteiger partial charge in [0.15, 0.2) is 0 Å². The van der Waals surface area contributed by atoms with Crippen molar-refractivity contribution in [2.45, 2.75) is 58.3 Å². The Morgan fingerprint density at radius 2 is 1.61 bits per heavy atom. The molecule has 0 unspecified atom stereocenters. The zero-order valence-corrected chi connectivity index (χ0v) is 14.3. The fourth-order valence-electron chi connectivity index (χ4n) is 3.14. The van der Waals surface area contributed by atoms with Crippen molar-refractivity contribution in [2.75, 3.05) is 13.2 Å². The van der Waals surface area contributed by atoms with Crippen molar-refractivity contribution >= 4 is 0 Å². The van der Waals surface area contributed by atoms with Crippen LogP contribution in [0, 0.1) is 23.2 Å². The Kier molecular flexibility index (Phi) is 7.80. The standard InChI is InChI=1S/C20H29NO2/c1-2-3-15-22-19-10-12-20(13-11-19)23-16-18-8-6-17(7-9-18)5-4-14-21/h10-13,17-18H,2-9,15-16H2,1H3/t17-,18-. The highest BCUT2D eigenvalue weighted by Gasteiger charge is 2.21. The summed E-state index contributed by atoms with van der Waals surface area (Å²) in [6, 6.07) is 10.2. The molecule has 3 nitrogen and oxygen atoms in total. The molecule has 23 heavy (non-hydrogen) atoms. The maximum absolute atomic E-state index is 8.66. The minimum absolute atomic E-state index is 0.661. The average molecular weight is 315 g/mol. The van der Waals surface area contributed by atoms with Crippen LogP contribution in [0.2, 0.25) is 0 Å². The van der Waals surface area contributed by atoms with E-state index in [9.17, 15) is 0 Å². The number of nitriles is 1. The Balaban J connectivity index is 1.65. The van der Waals surface area contributed by atoms with Crippen molar-refractivity contribution in [1.82, 2.24) is 0 Å². The third-order valence-corrected chi connectivity index (χ3v) is 4.71. The van der Waals surface area contributed by atoms with Crippen molar-refractivity contribution in [3.63, 3.8) is 0 Å². The number of ether oxygens (including phenoxy) is 2. The molecule has 0 amide bonds. The van der Waals surface area contributed by atoms with E-state index in [-0.39, 0.29) is 0 Å². The summed E-state index contributed by atoms with van der Waals surface area (Å²) < 4.78 is 11.6. The van der Waals surface area contributed by atoms with Crippen LogP contribution in [0.15, 0.2) is 24.3 Å². The zero-order valence-electron chi connectivity index (χ0n) is 14.3. The Morgan fingerprint density at radius 1 is 1.00 bits per heavy atom. The van der Waals surface area contributed by atoms with Crippen molar-refractivity contribution in [2.24, 2.45) is 11.8 Å². The fourth-order valence-corrected chi connectivity index (χ4v) is 3.14. The number of rotatable bonds is 9. The summed E-state index contributed by atoms with van der Waals surface area (Å²) in [4.78, 5) is 0. The van der Waals surface area contributed by atoms with E-state index in [4.69, 9.17) is 14.7 Å². The average Bonchev–Trinajstić information content (AvgIpc) is 2.60. The smallest absolute Gasteiger partial charge is 0.119 e. The van der Waals surface area contributed by atoms with Crippen molar-refractivity contribution in [3.05, 3.63) is 24.3 Å². The molecule has 0 radical (unpaired) electrons. The Morgan fingerprint density at radius 3 is 2.22 bits per heavy atom. The lowest BCUT2D eigenvalue weighted by atomic mass is 9.80. The second-order valence-corrected chi connectivity index (χ2v) is 6.57. The molecule has 126 valence electrons. The van der Waals surface area contributed by atoms with Crippen LogP contribution in [0.3, 0.4) is 0 Å². The zero-order chi connectivity index (χ0) is 16.3. The Labute approximate surface area is 140 Å². The molecule has 0 aliphatic heterocycles.